The minimum atomic E-state index is -0.330. The topological polar surface area (TPSA) is 52.6 Å². The molecule has 0 aliphatic carbocycles. The zero-order valence-electron chi connectivity index (χ0n) is 16.1. The summed E-state index contributed by atoms with van der Waals surface area (Å²) in [5.74, 6) is 1.43. The average Bonchev–Trinajstić information content (AvgIpc) is 3.04. The van der Waals surface area contributed by atoms with Crippen molar-refractivity contribution in [1.29, 1.82) is 0 Å². The number of amides is 1. The summed E-state index contributed by atoms with van der Waals surface area (Å²) in [7, 11) is 0. The summed E-state index contributed by atoms with van der Waals surface area (Å²) in [6.07, 6.45) is 5.02. The average molecular weight is 383 g/mol. The highest BCUT2D eigenvalue weighted by Gasteiger charge is 2.23. The van der Waals surface area contributed by atoms with Gasteiger partial charge in [0.1, 0.15) is 5.82 Å². The van der Waals surface area contributed by atoms with Crippen molar-refractivity contribution in [2.24, 2.45) is 0 Å². The summed E-state index contributed by atoms with van der Waals surface area (Å²) in [5.41, 5.74) is 0.524. The van der Waals surface area contributed by atoms with Crippen molar-refractivity contribution >= 4 is 17.5 Å². The summed E-state index contributed by atoms with van der Waals surface area (Å²) >= 11 is 0. The zero-order chi connectivity index (χ0) is 19.3. The van der Waals surface area contributed by atoms with E-state index in [2.05, 4.69) is 26.1 Å². The second kappa shape index (κ2) is 8.54. The number of carbonyl (C=O) groups excluding carboxylic acids is 1. The molecule has 6 nitrogen and oxygen atoms in total. The van der Waals surface area contributed by atoms with Crippen LogP contribution < -0.4 is 9.80 Å². The Bertz CT molecular complexity index is 779. The summed E-state index contributed by atoms with van der Waals surface area (Å²) in [6.45, 7) is 4.77. The van der Waals surface area contributed by atoms with Gasteiger partial charge in [0.2, 0.25) is 0 Å². The Morgan fingerprint density at radius 3 is 1.79 bits per heavy atom. The highest BCUT2D eigenvalue weighted by molar-refractivity contribution is 5.94. The van der Waals surface area contributed by atoms with Gasteiger partial charge in [-0.25, -0.2) is 4.39 Å². The van der Waals surface area contributed by atoms with Gasteiger partial charge in [0, 0.05) is 44.8 Å². The van der Waals surface area contributed by atoms with E-state index in [0.717, 1.165) is 24.7 Å². The number of halogens is 1. The van der Waals surface area contributed by atoms with E-state index < -0.39 is 0 Å². The minimum absolute atomic E-state index is 0.0535. The predicted octanol–water partition coefficient (Wildman–Crippen LogP) is 2.96. The van der Waals surface area contributed by atoms with Crippen LogP contribution in [0, 0.1) is 5.82 Å². The first kappa shape index (κ1) is 18.7. The van der Waals surface area contributed by atoms with Crippen LogP contribution in [0.2, 0.25) is 0 Å². The Hall–Kier alpha value is -2.70. The molecule has 28 heavy (non-hydrogen) atoms. The molecule has 2 aliphatic rings. The molecular formula is C21H26FN5O. The van der Waals surface area contributed by atoms with E-state index in [1.54, 1.807) is 0 Å². The number of hydrogen-bond donors (Lipinski definition) is 0. The van der Waals surface area contributed by atoms with Gasteiger partial charge in [0.15, 0.2) is 11.6 Å². The first-order valence-corrected chi connectivity index (χ1v) is 10.1. The van der Waals surface area contributed by atoms with Crippen LogP contribution in [0.3, 0.4) is 0 Å². The molecule has 1 aromatic heterocycles. The van der Waals surface area contributed by atoms with Crippen LogP contribution in [-0.2, 0) is 0 Å². The summed E-state index contributed by atoms with van der Waals surface area (Å²) in [6, 6.07) is 9.82. The first-order chi connectivity index (χ1) is 13.7. The van der Waals surface area contributed by atoms with E-state index >= 15 is 0 Å². The maximum absolute atomic E-state index is 13.1. The van der Waals surface area contributed by atoms with E-state index in [1.807, 2.05) is 11.0 Å². The van der Waals surface area contributed by atoms with Crippen LogP contribution in [0.1, 0.15) is 36.0 Å². The lowest BCUT2D eigenvalue weighted by atomic mass is 10.2. The van der Waals surface area contributed by atoms with Gasteiger partial charge in [-0.15, -0.1) is 10.2 Å². The second-order valence-corrected chi connectivity index (χ2v) is 7.44. The Balaban J connectivity index is 1.34. The lowest BCUT2D eigenvalue weighted by Gasteiger charge is -2.35. The van der Waals surface area contributed by atoms with Gasteiger partial charge in [0.05, 0.1) is 0 Å². The van der Waals surface area contributed by atoms with Crippen molar-refractivity contribution in [3.05, 3.63) is 47.8 Å². The highest BCUT2D eigenvalue weighted by Crippen LogP contribution is 2.20. The lowest BCUT2D eigenvalue weighted by Crippen LogP contribution is -2.49. The third-order valence-electron chi connectivity index (χ3n) is 5.55. The van der Waals surface area contributed by atoms with Crippen molar-refractivity contribution in [3.63, 3.8) is 0 Å². The van der Waals surface area contributed by atoms with Crippen molar-refractivity contribution in [3.8, 4) is 0 Å². The Morgan fingerprint density at radius 2 is 1.25 bits per heavy atom. The number of anilines is 2. The van der Waals surface area contributed by atoms with Gasteiger partial charge in [-0.3, -0.25) is 4.79 Å². The van der Waals surface area contributed by atoms with Crippen LogP contribution >= 0.6 is 0 Å². The maximum Gasteiger partial charge on any atom is 0.253 e. The van der Waals surface area contributed by atoms with Gasteiger partial charge in [0.25, 0.3) is 5.91 Å². The number of piperazine rings is 1. The molecule has 2 aliphatic heterocycles. The van der Waals surface area contributed by atoms with E-state index in [0.29, 0.717) is 31.7 Å². The van der Waals surface area contributed by atoms with E-state index in [9.17, 15) is 9.18 Å². The van der Waals surface area contributed by atoms with Crippen molar-refractivity contribution < 1.29 is 9.18 Å². The number of rotatable bonds is 3. The SMILES string of the molecule is O=C(c1ccc(F)cc1)N1CCN(c2ccc(N3CCCCCC3)nn2)CC1. The van der Waals surface area contributed by atoms with Crippen LogP contribution in [0.25, 0.3) is 0 Å². The molecular weight excluding hydrogens is 357 g/mol. The van der Waals surface area contributed by atoms with Crippen molar-refractivity contribution in [2.75, 3.05) is 49.1 Å². The molecule has 7 heteroatoms. The number of hydrogen-bond acceptors (Lipinski definition) is 5. The van der Waals surface area contributed by atoms with E-state index in [-0.39, 0.29) is 11.7 Å². The quantitative estimate of drug-likeness (QED) is 0.816. The van der Waals surface area contributed by atoms with Crippen LogP contribution in [0.5, 0.6) is 0 Å². The maximum atomic E-state index is 13.1. The van der Waals surface area contributed by atoms with Crippen LogP contribution in [0.4, 0.5) is 16.0 Å². The smallest absolute Gasteiger partial charge is 0.253 e. The number of nitrogens with zero attached hydrogens (tertiary/aromatic N) is 5. The minimum Gasteiger partial charge on any atom is -0.355 e. The predicted molar refractivity (Wildman–Crippen MR) is 107 cm³/mol. The molecule has 148 valence electrons. The standard InChI is InChI=1S/C21H26FN5O/c22-18-7-5-17(6-8-18)21(28)27-15-13-26(14-16-27)20-10-9-19(23-24-20)25-11-3-1-2-4-12-25/h5-10H,1-4,11-16H2. The van der Waals surface area contributed by atoms with Gasteiger partial charge in [-0.05, 0) is 49.2 Å². The molecule has 0 bridgehead atoms. The van der Waals surface area contributed by atoms with Gasteiger partial charge >= 0.3 is 0 Å². The molecule has 0 saturated carbocycles. The van der Waals surface area contributed by atoms with Crippen molar-refractivity contribution in [1.82, 2.24) is 15.1 Å². The largest absolute Gasteiger partial charge is 0.355 e. The fourth-order valence-electron chi connectivity index (χ4n) is 3.87. The molecule has 0 spiro atoms. The summed E-state index contributed by atoms with van der Waals surface area (Å²) in [5, 5.41) is 8.88. The van der Waals surface area contributed by atoms with E-state index in [4.69, 9.17) is 0 Å². The molecule has 2 saturated heterocycles. The van der Waals surface area contributed by atoms with Gasteiger partial charge < -0.3 is 14.7 Å². The van der Waals surface area contributed by atoms with Crippen LogP contribution in [-0.4, -0.2) is 60.3 Å². The molecule has 3 heterocycles. The first-order valence-electron chi connectivity index (χ1n) is 10.1. The fraction of sp³-hybridized carbons (Fsp3) is 0.476. The molecule has 2 fully saturated rings. The lowest BCUT2D eigenvalue weighted by molar-refractivity contribution is 0.0746. The second-order valence-electron chi connectivity index (χ2n) is 7.44. The third kappa shape index (κ3) is 4.24. The molecule has 2 aromatic rings. The third-order valence-corrected chi connectivity index (χ3v) is 5.55. The number of aromatic nitrogens is 2. The van der Waals surface area contributed by atoms with Crippen molar-refractivity contribution in [2.45, 2.75) is 25.7 Å². The molecule has 4 rings (SSSR count). The normalized spacial score (nSPS) is 18.1. The van der Waals surface area contributed by atoms with Gasteiger partial charge in [-0.1, -0.05) is 12.8 Å². The number of carbonyl (C=O) groups is 1. The molecule has 0 unspecified atom stereocenters. The van der Waals surface area contributed by atoms with E-state index in [1.165, 1.54) is 49.9 Å². The summed E-state index contributed by atoms with van der Waals surface area (Å²) in [4.78, 5) is 18.8. The van der Waals surface area contributed by atoms with Gasteiger partial charge in [-0.2, -0.15) is 0 Å². The Labute approximate surface area is 165 Å². The van der Waals surface area contributed by atoms with Crippen LogP contribution in [0.15, 0.2) is 36.4 Å². The highest BCUT2D eigenvalue weighted by atomic mass is 19.1. The molecule has 1 amide bonds. The molecule has 1 aromatic carbocycles. The monoisotopic (exact) mass is 383 g/mol. The molecule has 0 radical (unpaired) electrons. The fourth-order valence-corrected chi connectivity index (χ4v) is 3.87. The Morgan fingerprint density at radius 1 is 0.714 bits per heavy atom. The molecule has 0 N–H and O–H groups in total. The zero-order valence-corrected chi connectivity index (χ0v) is 16.1. The molecule has 0 atom stereocenters. The Kier molecular flexibility index (Phi) is 5.69. The number of benzene rings is 1. The summed E-state index contributed by atoms with van der Waals surface area (Å²) < 4.78 is 13.1.